The second kappa shape index (κ2) is 13.7. The molecule has 0 aliphatic carbocycles. The Morgan fingerprint density at radius 3 is 1.45 bits per heavy atom. The van der Waals surface area contributed by atoms with Gasteiger partial charge in [-0.2, -0.15) is 0 Å². The molecule has 0 aliphatic heterocycles. The summed E-state index contributed by atoms with van der Waals surface area (Å²) in [6.45, 7) is 5.06. The number of hydrogen-bond donors (Lipinski definition) is 0. The highest BCUT2D eigenvalue weighted by Gasteiger charge is 2.19. The molecule has 0 amide bonds. The van der Waals surface area contributed by atoms with E-state index in [1.807, 2.05) is 48.5 Å². The fraction of sp³-hybridized carbons (Fsp3) is 0.375. The van der Waals surface area contributed by atoms with E-state index < -0.39 is 0 Å². The minimum absolute atomic E-state index is 0.381. The fourth-order valence-electron chi connectivity index (χ4n) is 4.49. The normalized spacial score (nSPS) is 11.1. The molecule has 4 rings (SSSR count). The molecular weight excluding hydrogens is 476 g/mol. The maximum Gasteiger partial charge on any atom is 0.338 e. The van der Waals surface area contributed by atoms with Crippen molar-refractivity contribution in [2.45, 2.75) is 65.2 Å². The van der Waals surface area contributed by atoms with Crippen LogP contribution in [0, 0.1) is 0 Å². The number of fused-ring (bicyclic) bond motifs is 2. The first kappa shape index (κ1) is 27.2. The quantitative estimate of drug-likeness (QED) is 0.134. The summed E-state index contributed by atoms with van der Waals surface area (Å²) in [6.07, 6.45) is 8.24. The van der Waals surface area contributed by atoms with E-state index in [1.165, 1.54) is 0 Å². The Labute approximate surface area is 224 Å². The first-order valence-corrected chi connectivity index (χ1v) is 13.8. The first-order chi connectivity index (χ1) is 18.6. The molecule has 6 heteroatoms. The molecule has 0 aliphatic rings. The summed E-state index contributed by atoms with van der Waals surface area (Å²) in [5.74, 6) is -0.761. The highest BCUT2D eigenvalue weighted by molar-refractivity contribution is 6.06. The number of esters is 2. The van der Waals surface area contributed by atoms with Gasteiger partial charge in [-0.25, -0.2) is 19.6 Å². The van der Waals surface area contributed by atoms with Crippen LogP contribution in [-0.2, 0) is 9.47 Å². The summed E-state index contributed by atoms with van der Waals surface area (Å²) in [6, 6.07) is 18.4. The second-order valence-electron chi connectivity index (χ2n) is 9.54. The van der Waals surface area contributed by atoms with Gasteiger partial charge in [0.15, 0.2) is 0 Å². The lowest BCUT2D eigenvalue weighted by Crippen LogP contribution is -2.10. The van der Waals surface area contributed by atoms with Crippen LogP contribution in [0.2, 0.25) is 0 Å². The van der Waals surface area contributed by atoms with Crippen molar-refractivity contribution in [1.82, 2.24) is 9.97 Å². The number of carbonyl (C=O) groups excluding carboxylic acids is 2. The molecule has 2 heterocycles. The standard InChI is InChI=1S/C32H36N2O4/c1-3-5-7-13-19-37-31(35)25-21-29(33-27-17-11-9-15-23(25)27)30-22-26(24-16-10-12-18-28(24)34-30)32(36)38-20-14-8-6-4-2/h9-12,15-18,21-22H,3-8,13-14,19-20H2,1-2H3. The molecule has 0 unspecified atom stereocenters. The van der Waals surface area contributed by atoms with Gasteiger partial charge in [0.1, 0.15) is 0 Å². The third kappa shape index (κ3) is 6.74. The highest BCUT2D eigenvalue weighted by atomic mass is 16.5. The Balaban J connectivity index is 1.68. The molecular formula is C32H36N2O4. The Kier molecular flexibility index (Phi) is 9.79. The summed E-state index contributed by atoms with van der Waals surface area (Å²) in [7, 11) is 0. The van der Waals surface area contributed by atoms with Crippen LogP contribution in [0.25, 0.3) is 33.2 Å². The van der Waals surface area contributed by atoms with Crippen LogP contribution < -0.4 is 0 Å². The van der Waals surface area contributed by atoms with Crippen molar-refractivity contribution in [2.75, 3.05) is 13.2 Å². The zero-order chi connectivity index (χ0) is 26.7. The van der Waals surface area contributed by atoms with Crippen LogP contribution in [0.5, 0.6) is 0 Å². The summed E-state index contributed by atoms with van der Waals surface area (Å²) in [5, 5.41) is 1.45. The van der Waals surface area contributed by atoms with E-state index in [0.29, 0.717) is 46.8 Å². The fourth-order valence-corrected chi connectivity index (χ4v) is 4.49. The number of hydrogen-bond acceptors (Lipinski definition) is 6. The van der Waals surface area contributed by atoms with Crippen molar-refractivity contribution in [3.63, 3.8) is 0 Å². The molecule has 38 heavy (non-hydrogen) atoms. The Morgan fingerprint density at radius 1 is 0.605 bits per heavy atom. The Hall–Kier alpha value is -3.80. The van der Waals surface area contributed by atoms with Gasteiger partial charge in [0.05, 0.1) is 46.8 Å². The van der Waals surface area contributed by atoms with Crippen molar-refractivity contribution in [3.05, 3.63) is 71.8 Å². The SMILES string of the molecule is CCCCCCOC(=O)c1cc(-c2cc(C(=O)OCCCCCC)c3ccccc3n2)nc2ccccc12. The van der Waals surface area contributed by atoms with E-state index in [-0.39, 0.29) is 11.9 Å². The first-order valence-electron chi connectivity index (χ1n) is 13.8. The van der Waals surface area contributed by atoms with Gasteiger partial charge >= 0.3 is 11.9 Å². The summed E-state index contributed by atoms with van der Waals surface area (Å²) >= 11 is 0. The smallest absolute Gasteiger partial charge is 0.338 e. The van der Waals surface area contributed by atoms with Crippen molar-refractivity contribution in [1.29, 1.82) is 0 Å². The number of nitrogens with zero attached hydrogens (tertiary/aromatic N) is 2. The number of rotatable bonds is 13. The second-order valence-corrected chi connectivity index (χ2v) is 9.54. The molecule has 0 bridgehead atoms. The van der Waals surface area contributed by atoms with Gasteiger partial charge < -0.3 is 9.47 Å². The van der Waals surface area contributed by atoms with Crippen molar-refractivity contribution >= 4 is 33.7 Å². The lowest BCUT2D eigenvalue weighted by Gasteiger charge is -2.12. The molecule has 2 aromatic carbocycles. The summed E-state index contributed by atoms with van der Waals surface area (Å²) < 4.78 is 11.2. The molecule has 0 radical (unpaired) electrons. The lowest BCUT2D eigenvalue weighted by atomic mass is 10.0. The van der Waals surface area contributed by atoms with E-state index in [9.17, 15) is 9.59 Å². The maximum atomic E-state index is 13.1. The number of pyridine rings is 2. The number of aromatic nitrogens is 2. The van der Waals surface area contributed by atoms with E-state index in [4.69, 9.17) is 19.4 Å². The zero-order valence-corrected chi connectivity index (χ0v) is 22.4. The number of para-hydroxylation sites is 2. The average molecular weight is 513 g/mol. The molecule has 0 saturated carbocycles. The Bertz CT molecular complexity index is 1290. The van der Waals surface area contributed by atoms with Crippen LogP contribution in [-0.4, -0.2) is 35.1 Å². The molecule has 198 valence electrons. The van der Waals surface area contributed by atoms with Gasteiger partial charge in [-0.3, -0.25) is 0 Å². The van der Waals surface area contributed by atoms with Crippen molar-refractivity contribution < 1.29 is 19.1 Å². The monoisotopic (exact) mass is 512 g/mol. The highest BCUT2D eigenvalue weighted by Crippen LogP contribution is 2.28. The molecule has 2 aromatic heterocycles. The van der Waals surface area contributed by atoms with E-state index in [0.717, 1.165) is 62.1 Å². The van der Waals surface area contributed by atoms with Gasteiger partial charge in [-0.1, -0.05) is 88.8 Å². The van der Waals surface area contributed by atoms with E-state index >= 15 is 0 Å². The minimum Gasteiger partial charge on any atom is -0.462 e. The molecule has 0 atom stereocenters. The van der Waals surface area contributed by atoms with Gasteiger partial charge in [0.2, 0.25) is 0 Å². The van der Waals surface area contributed by atoms with E-state index in [1.54, 1.807) is 12.1 Å². The summed E-state index contributed by atoms with van der Waals surface area (Å²) in [5.41, 5.74) is 3.22. The number of unbranched alkanes of at least 4 members (excludes halogenated alkanes) is 6. The number of carbonyl (C=O) groups is 2. The third-order valence-electron chi connectivity index (χ3n) is 6.60. The van der Waals surface area contributed by atoms with Gasteiger partial charge in [0, 0.05) is 10.8 Å². The maximum absolute atomic E-state index is 13.1. The molecule has 0 spiro atoms. The van der Waals surface area contributed by atoms with Gasteiger partial charge in [-0.15, -0.1) is 0 Å². The average Bonchev–Trinajstić information content (AvgIpc) is 2.95. The predicted molar refractivity (Wildman–Crippen MR) is 151 cm³/mol. The van der Waals surface area contributed by atoms with Crippen LogP contribution in [0.15, 0.2) is 60.7 Å². The Morgan fingerprint density at radius 2 is 1.03 bits per heavy atom. The van der Waals surface area contributed by atoms with Gasteiger partial charge in [-0.05, 0) is 37.1 Å². The molecule has 0 fully saturated rings. The topological polar surface area (TPSA) is 78.4 Å². The summed E-state index contributed by atoms with van der Waals surface area (Å²) in [4.78, 5) is 35.8. The third-order valence-corrected chi connectivity index (χ3v) is 6.60. The van der Waals surface area contributed by atoms with Crippen LogP contribution in [0.4, 0.5) is 0 Å². The van der Waals surface area contributed by atoms with E-state index in [2.05, 4.69) is 13.8 Å². The number of benzene rings is 2. The van der Waals surface area contributed by atoms with Gasteiger partial charge in [0.25, 0.3) is 0 Å². The predicted octanol–water partition coefficient (Wildman–Crippen LogP) is 7.92. The minimum atomic E-state index is -0.381. The van der Waals surface area contributed by atoms with Crippen LogP contribution in [0.1, 0.15) is 85.9 Å². The molecule has 0 N–H and O–H groups in total. The number of ether oxygens (including phenoxy) is 2. The lowest BCUT2D eigenvalue weighted by molar-refractivity contribution is 0.0490. The van der Waals surface area contributed by atoms with Crippen molar-refractivity contribution in [2.24, 2.45) is 0 Å². The molecule has 4 aromatic rings. The van der Waals surface area contributed by atoms with Crippen LogP contribution in [0.3, 0.4) is 0 Å². The molecule has 6 nitrogen and oxygen atoms in total. The van der Waals surface area contributed by atoms with Crippen molar-refractivity contribution in [3.8, 4) is 11.4 Å². The zero-order valence-electron chi connectivity index (χ0n) is 22.4. The van der Waals surface area contributed by atoms with Crippen LogP contribution >= 0.6 is 0 Å². The largest absolute Gasteiger partial charge is 0.462 e. The molecule has 0 saturated heterocycles.